The van der Waals surface area contributed by atoms with Crippen molar-refractivity contribution in [3.63, 3.8) is 0 Å². The number of aromatic nitrogens is 4. The van der Waals surface area contributed by atoms with Gasteiger partial charge < -0.3 is 10.2 Å². The van der Waals surface area contributed by atoms with Crippen LogP contribution < -0.4 is 11.0 Å². The Morgan fingerprint density at radius 3 is 2.39 bits per heavy atom. The predicted molar refractivity (Wildman–Crippen MR) is 149 cm³/mol. The van der Waals surface area contributed by atoms with Gasteiger partial charge >= 0.3 is 5.69 Å². The van der Waals surface area contributed by atoms with E-state index in [1.165, 1.54) is 30.7 Å². The maximum atomic E-state index is 12.1. The Morgan fingerprint density at radius 1 is 1.11 bits per heavy atom. The number of nitrogens with one attached hydrogen (secondary N) is 1. The molecule has 1 aliphatic heterocycles. The zero-order valence-corrected chi connectivity index (χ0v) is 22.6. The molecule has 0 radical (unpaired) electrons. The van der Waals surface area contributed by atoms with Crippen LogP contribution in [0.25, 0.3) is 11.0 Å². The molecular formula is C29H37N7O2. The van der Waals surface area contributed by atoms with E-state index in [4.69, 9.17) is 0 Å². The first-order valence-electron chi connectivity index (χ1n) is 13.5. The molecule has 1 aliphatic carbocycles. The molecule has 1 saturated heterocycles. The van der Waals surface area contributed by atoms with Crippen molar-refractivity contribution in [1.29, 1.82) is 0 Å². The third-order valence-corrected chi connectivity index (χ3v) is 8.11. The van der Waals surface area contributed by atoms with E-state index >= 15 is 0 Å². The van der Waals surface area contributed by atoms with Crippen molar-refractivity contribution in [3.05, 3.63) is 70.9 Å². The van der Waals surface area contributed by atoms with E-state index in [9.17, 15) is 9.59 Å². The van der Waals surface area contributed by atoms with E-state index in [-0.39, 0.29) is 17.6 Å². The Kier molecular flexibility index (Phi) is 7.29. The second-order valence-corrected chi connectivity index (χ2v) is 10.9. The Labute approximate surface area is 223 Å². The maximum absolute atomic E-state index is 12.1. The fourth-order valence-electron chi connectivity index (χ4n) is 5.34. The molecule has 1 saturated carbocycles. The second kappa shape index (κ2) is 10.6. The fourth-order valence-corrected chi connectivity index (χ4v) is 5.34. The first-order valence-corrected chi connectivity index (χ1v) is 13.5. The Morgan fingerprint density at radius 2 is 1.76 bits per heavy atom. The number of amides is 1. The van der Waals surface area contributed by atoms with Gasteiger partial charge in [-0.3, -0.25) is 14.3 Å². The zero-order valence-electron chi connectivity index (χ0n) is 22.6. The molecule has 38 heavy (non-hydrogen) atoms. The molecule has 3 aromatic rings. The van der Waals surface area contributed by atoms with Crippen molar-refractivity contribution in [2.45, 2.75) is 58.7 Å². The lowest BCUT2D eigenvalue weighted by molar-refractivity contribution is -0.128. The number of aryl methyl sites for hydroxylation is 1. The van der Waals surface area contributed by atoms with E-state index in [1.807, 2.05) is 11.8 Å². The summed E-state index contributed by atoms with van der Waals surface area (Å²) in [7, 11) is 0. The number of hydrogen-bond acceptors (Lipinski definition) is 7. The summed E-state index contributed by atoms with van der Waals surface area (Å²) >= 11 is 0. The van der Waals surface area contributed by atoms with Gasteiger partial charge in [0.15, 0.2) is 5.65 Å². The average molecular weight is 516 g/mol. The highest BCUT2D eigenvalue weighted by Crippen LogP contribution is 2.52. The lowest BCUT2D eigenvalue weighted by Gasteiger charge is -2.40. The van der Waals surface area contributed by atoms with Crippen molar-refractivity contribution in [2.75, 3.05) is 31.5 Å². The van der Waals surface area contributed by atoms with Crippen LogP contribution in [0.15, 0.2) is 54.1 Å². The predicted octanol–water partition coefficient (Wildman–Crippen LogP) is 3.94. The van der Waals surface area contributed by atoms with Crippen LogP contribution in [0.1, 0.15) is 63.2 Å². The molecular weight excluding hydrogens is 478 g/mol. The van der Waals surface area contributed by atoms with Crippen LogP contribution in [0, 0.1) is 5.41 Å². The van der Waals surface area contributed by atoms with E-state index < -0.39 is 0 Å². The molecule has 9 heteroatoms. The molecule has 2 fully saturated rings. The van der Waals surface area contributed by atoms with Gasteiger partial charge in [0.05, 0.1) is 11.4 Å². The van der Waals surface area contributed by atoms with Gasteiger partial charge in [-0.2, -0.15) is 4.98 Å². The Balaban J connectivity index is 1.31. The lowest BCUT2D eigenvalue weighted by Crippen LogP contribution is -2.49. The number of hydrogen-bond donors (Lipinski definition) is 1. The summed E-state index contributed by atoms with van der Waals surface area (Å²) in [6.07, 6.45) is 8.33. The van der Waals surface area contributed by atoms with Crippen LogP contribution in [0.4, 0.5) is 5.95 Å². The number of nitrogens with zero attached hydrogens (tertiary/aromatic N) is 6. The van der Waals surface area contributed by atoms with Crippen LogP contribution in [0.2, 0.25) is 0 Å². The zero-order chi connectivity index (χ0) is 26.9. The van der Waals surface area contributed by atoms with Crippen LogP contribution in [-0.2, 0) is 11.3 Å². The minimum Gasteiger partial charge on any atom is -0.348 e. The van der Waals surface area contributed by atoms with Crippen molar-refractivity contribution in [2.24, 2.45) is 5.41 Å². The number of piperazine rings is 1. The summed E-state index contributed by atoms with van der Waals surface area (Å²) in [5, 5.41) is 4.12. The molecule has 2 atom stereocenters. The molecule has 200 valence electrons. The summed E-state index contributed by atoms with van der Waals surface area (Å²) in [5.74, 6) is 0.500. The Bertz CT molecular complexity index is 1370. The van der Waals surface area contributed by atoms with Crippen LogP contribution in [0.5, 0.6) is 0 Å². The van der Waals surface area contributed by atoms with Gasteiger partial charge in [-0.1, -0.05) is 37.8 Å². The summed E-state index contributed by atoms with van der Waals surface area (Å²) in [5.41, 5.74) is 3.14. The summed E-state index contributed by atoms with van der Waals surface area (Å²) in [4.78, 5) is 41.5. The molecule has 0 spiro atoms. The van der Waals surface area contributed by atoms with E-state index in [0.29, 0.717) is 29.6 Å². The molecule has 1 unspecified atom stereocenters. The molecule has 1 N–H and O–H groups in total. The molecule has 3 heterocycles. The molecule has 1 amide bonds. The largest absolute Gasteiger partial charge is 0.349 e. The molecule has 2 aliphatic rings. The second-order valence-electron chi connectivity index (χ2n) is 10.9. The third kappa shape index (κ3) is 5.48. The molecule has 1 aromatic carbocycles. The average Bonchev–Trinajstić information content (AvgIpc) is 3.68. The van der Waals surface area contributed by atoms with Gasteiger partial charge in [0.2, 0.25) is 11.9 Å². The number of benzene rings is 1. The Hall–Kier alpha value is -3.59. The number of rotatable bonds is 9. The highest BCUT2D eigenvalue weighted by molar-refractivity contribution is 5.87. The highest BCUT2D eigenvalue weighted by Gasteiger charge is 2.41. The van der Waals surface area contributed by atoms with Gasteiger partial charge in [0.25, 0.3) is 0 Å². The summed E-state index contributed by atoms with van der Waals surface area (Å²) in [6.45, 7) is 13.7. The monoisotopic (exact) mass is 515 g/mol. The van der Waals surface area contributed by atoms with Crippen molar-refractivity contribution in [1.82, 2.24) is 29.3 Å². The SMILES string of the molecule is C=CC(=O)N1CCN(C(CC2(C)CC2)c2ccc([C@H](C)Nc3ncc4cnc(=O)n(CC)c4n3)cc2)CC1. The quantitative estimate of drug-likeness (QED) is 0.431. The van der Waals surface area contributed by atoms with Crippen molar-refractivity contribution < 1.29 is 4.79 Å². The van der Waals surface area contributed by atoms with Crippen LogP contribution in [-0.4, -0.2) is 61.4 Å². The van der Waals surface area contributed by atoms with Gasteiger partial charge in [-0.05, 0) is 55.7 Å². The molecule has 2 aromatic heterocycles. The highest BCUT2D eigenvalue weighted by atomic mass is 16.2. The van der Waals surface area contributed by atoms with E-state index in [0.717, 1.165) is 43.5 Å². The normalized spacial score (nSPS) is 18.7. The smallest absolute Gasteiger partial charge is 0.348 e. The minimum absolute atomic E-state index is 0.0157. The lowest BCUT2D eigenvalue weighted by atomic mass is 9.91. The van der Waals surface area contributed by atoms with E-state index in [2.05, 4.69) is 69.9 Å². The van der Waals surface area contributed by atoms with Gasteiger partial charge in [0, 0.05) is 51.2 Å². The first kappa shape index (κ1) is 26.0. The molecule has 9 nitrogen and oxygen atoms in total. The molecule has 5 rings (SSSR count). The van der Waals surface area contributed by atoms with Gasteiger partial charge in [-0.15, -0.1) is 0 Å². The minimum atomic E-state index is -0.309. The van der Waals surface area contributed by atoms with Crippen molar-refractivity contribution >= 4 is 22.9 Å². The van der Waals surface area contributed by atoms with Gasteiger partial charge in [0.1, 0.15) is 0 Å². The van der Waals surface area contributed by atoms with Crippen LogP contribution >= 0.6 is 0 Å². The van der Waals surface area contributed by atoms with Crippen LogP contribution in [0.3, 0.4) is 0 Å². The number of fused-ring (bicyclic) bond motifs is 1. The topological polar surface area (TPSA) is 96.3 Å². The summed E-state index contributed by atoms with van der Waals surface area (Å²) in [6, 6.07) is 9.17. The number of carbonyl (C=O) groups excluding carboxylic acids is 1. The molecule has 0 bridgehead atoms. The van der Waals surface area contributed by atoms with E-state index in [1.54, 1.807) is 10.8 Å². The first-order chi connectivity index (χ1) is 18.3. The number of carbonyl (C=O) groups is 1. The van der Waals surface area contributed by atoms with Crippen molar-refractivity contribution in [3.8, 4) is 0 Å². The van der Waals surface area contributed by atoms with Gasteiger partial charge in [-0.25, -0.2) is 14.8 Å². The standard InChI is InChI=1S/C29H37N7O2/c1-5-25(37)35-15-13-34(14-16-35)24(17-29(4)11-12-29)22-9-7-21(8-10-22)20(3)32-27-30-18-23-19-31-28(38)36(6-2)26(23)33-27/h5,7-10,18-20,24H,1,6,11-17H2,2-4H3,(H,30,32,33)/t20-,24?/m0/s1. The number of anilines is 1. The third-order valence-electron chi connectivity index (χ3n) is 8.11. The maximum Gasteiger partial charge on any atom is 0.349 e. The fraction of sp³-hybridized carbons (Fsp3) is 0.483. The summed E-state index contributed by atoms with van der Waals surface area (Å²) < 4.78 is 1.55.